The third-order valence-electron chi connectivity index (χ3n) is 2.62. The molecule has 90 valence electrons. The van der Waals surface area contributed by atoms with Crippen LogP contribution < -0.4 is 0 Å². The minimum atomic E-state index is -0.653. The summed E-state index contributed by atoms with van der Waals surface area (Å²) in [7, 11) is 1.94. The van der Waals surface area contributed by atoms with Crippen molar-refractivity contribution in [3.8, 4) is 0 Å². The van der Waals surface area contributed by atoms with Crippen LogP contribution in [-0.4, -0.2) is 41.4 Å². The Morgan fingerprint density at radius 2 is 1.75 bits per heavy atom. The van der Waals surface area contributed by atoms with E-state index < -0.39 is 6.10 Å². The van der Waals surface area contributed by atoms with Crippen LogP contribution in [0.25, 0.3) is 0 Å². The normalized spacial score (nSPS) is 13.1. The van der Waals surface area contributed by atoms with E-state index >= 15 is 0 Å². The molecular formula is C13H21NO2. The van der Waals surface area contributed by atoms with Crippen LogP contribution in [0.3, 0.4) is 0 Å². The molecule has 0 amide bonds. The molecule has 1 unspecified atom stereocenters. The minimum Gasteiger partial charge on any atom is -0.394 e. The SMILES string of the molecule is CCc1ccc(CN(C)CC(O)CO)cc1. The van der Waals surface area contributed by atoms with Gasteiger partial charge in [-0.05, 0) is 24.6 Å². The number of hydrogen-bond donors (Lipinski definition) is 2. The molecule has 0 spiro atoms. The van der Waals surface area contributed by atoms with Crippen LogP contribution in [0.2, 0.25) is 0 Å². The summed E-state index contributed by atoms with van der Waals surface area (Å²) in [5, 5.41) is 18.0. The fourth-order valence-electron chi connectivity index (χ4n) is 1.67. The van der Waals surface area contributed by atoms with E-state index in [0.717, 1.165) is 13.0 Å². The van der Waals surface area contributed by atoms with Gasteiger partial charge in [-0.3, -0.25) is 4.90 Å². The number of likely N-dealkylation sites (N-methyl/N-ethyl adjacent to an activating group) is 1. The van der Waals surface area contributed by atoms with Crippen LogP contribution in [0.1, 0.15) is 18.1 Å². The highest BCUT2D eigenvalue weighted by molar-refractivity contribution is 5.22. The van der Waals surface area contributed by atoms with Crippen LogP contribution in [-0.2, 0) is 13.0 Å². The van der Waals surface area contributed by atoms with Gasteiger partial charge in [0.2, 0.25) is 0 Å². The van der Waals surface area contributed by atoms with Crippen LogP contribution in [0, 0.1) is 0 Å². The summed E-state index contributed by atoms with van der Waals surface area (Å²) >= 11 is 0. The molecule has 2 N–H and O–H groups in total. The summed E-state index contributed by atoms with van der Waals surface area (Å²) in [5.41, 5.74) is 2.56. The van der Waals surface area contributed by atoms with Crippen molar-refractivity contribution in [2.75, 3.05) is 20.2 Å². The van der Waals surface area contributed by atoms with Gasteiger partial charge < -0.3 is 10.2 Å². The quantitative estimate of drug-likeness (QED) is 0.757. The molecule has 0 saturated heterocycles. The van der Waals surface area contributed by atoms with Gasteiger partial charge in [0, 0.05) is 13.1 Å². The van der Waals surface area contributed by atoms with Gasteiger partial charge >= 0.3 is 0 Å². The Bertz CT molecular complexity index is 297. The first-order valence-corrected chi connectivity index (χ1v) is 5.71. The Kier molecular flexibility index (Phi) is 5.46. The number of benzene rings is 1. The van der Waals surface area contributed by atoms with Crippen molar-refractivity contribution < 1.29 is 10.2 Å². The molecule has 0 bridgehead atoms. The molecule has 1 aromatic rings. The zero-order valence-corrected chi connectivity index (χ0v) is 10.1. The first-order valence-electron chi connectivity index (χ1n) is 5.71. The van der Waals surface area contributed by atoms with Gasteiger partial charge in [-0.25, -0.2) is 0 Å². The molecule has 0 aliphatic heterocycles. The molecule has 16 heavy (non-hydrogen) atoms. The molecule has 0 fully saturated rings. The van der Waals surface area contributed by atoms with Crippen molar-refractivity contribution in [1.82, 2.24) is 4.90 Å². The topological polar surface area (TPSA) is 43.7 Å². The van der Waals surface area contributed by atoms with Crippen molar-refractivity contribution in [3.63, 3.8) is 0 Å². The summed E-state index contributed by atoms with van der Waals surface area (Å²) in [6.45, 7) is 3.24. The standard InChI is InChI=1S/C13H21NO2/c1-3-11-4-6-12(7-5-11)8-14(2)9-13(16)10-15/h4-7,13,15-16H,3,8-10H2,1-2H3. The van der Waals surface area contributed by atoms with Gasteiger partial charge in [0.15, 0.2) is 0 Å². The highest BCUT2D eigenvalue weighted by atomic mass is 16.3. The first-order chi connectivity index (χ1) is 7.65. The van der Waals surface area contributed by atoms with Crippen molar-refractivity contribution >= 4 is 0 Å². The Morgan fingerprint density at radius 3 is 2.25 bits per heavy atom. The van der Waals surface area contributed by atoms with E-state index in [-0.39, 0.29) is 6.61 Å². The van der Waals surface area contributed by atoms with Crippen molar-refractivity contribution in [2.24, 2.45) is 0 Å². The third-order valence-corrected chi connectivity index (χ3v) is 2.62. The Balaban J connectivity index is 2.46. The second-order valence-corrected chi connectivity index (χ2v) is 4.20. The lowest BCUT2D eigenvalue weighted by Gasteiger charge is -2.19. The molecule has 0 heterocycles. The lowest BCUT2D eigenvalue weighted by molar-refractivity contribution is 0.0648. The van der Waals surface area contributed by atoms with Crippen LogP contribution in [0.4, 0.5) is 0 Å². The summed E-state index contributed by atoms with van der Waals surface area (Å²) in [6.07, 6.45) is 0.402. The van der Waals surface area contributed by atoms with E-state index in [1.807, 2.05) is 11.9 Å². The predicted octanol–water partition coefficient (Wildman–Crippen LogP) is 1.03. The summed E-state index contributed by atoms with van der Waals surface area (Å²) in [5.74, 6) is 0. The maximum Gasteiger partial charge on any atom is 0.0897 e. The van der Waals surface area contributed by atoms with Gasteiger partial charge in [-0.15, -0.1) is 0 Å². The Morgan fingerprint density at radius 1 is 1.19 bits per heavy atom. The number of rotatable bonds is 6. The van der Waals surface area contributed by atoms with Gasteiger partial charge in [-0.1, -0.05) is 31.2 Å². The molecule has 1 atom stereocenters. The fourth-order valence-corrected chi connectivity index (χ4v) is 1.67. The smallest absolute Gasteiger partial charge is 0.0897 e. The Labute approximate surface area is 97.3 Å². The molecule has 1 rings (SSSR count). The molecule has 3 nitrogen and oxygen atoms in total. The van der Waals surface area contributed by atoms with Crippen molar-refractivity contribution in [1.29, 1.82) is 0 Å². The first kappa shape index (κ1) is 13.2. The lowest BCUT2D eigenvalue weighted by atomic mass is 10.1. The van der Waals surface area contributed by atoms with Crippen LogP contribution in [0.15, 0.2) is 24.3 Å². The maximum absolute atomic E-state index is 9.30. The molecule has 0 aliphatic rings. The highest BCUT2D eigenvalue weighted by Crippen LogP contribution is 2.07. The lowest BCUT2D eigenvalue weighted by Crippen LogP contribution is -2.30. The second-order valence-electron chi connectivity index (χ2n) is 4.20. The van der Waals surface area contributed by atoms with Crippen LogP contribution in [0.5, 0.6) is 0 Å². The van der Waals surface area contributed by atoms with Crippen molar-refractivity contribution in [3.05, 3.63) is 35.4 Å². The minimum absolute atomic E-state index is 0.181. The van der Waals surface area contributed by atoms with Gasteiger partial charge in [-0.2, -0.15) is 0 Å². The zero-order valence-electron chi connectivity index (χ0n) is 10.1. The average molecular weight is 223 g/mol. The molecule has 1 aromatic carbocycles. The number of hydrogen-bond acceptors (Lipinski definition) is 3. The molecule has 0 radical (unpaired) electrons. The molecule has 0 saturated carbocycles. The van der Waals surface area contributed by atoms with E-state index in [1.54, 1.807) is 0 Å². The summed E-state index contributed by atoms with van der Waals surface area (Å²) < 4.78 is 0. The largest absolute Gasteiger partial charge is 0.394 e. The number of aliphatic hydroxyl groups is 2. The summed E-state index contributed by atoms with van der Waals surface area (Å²) in [6, 6.07) is 8.48. The monoisotopic (exact) mass is 223 g/mol. The molecule has 3 heteroatoms. The zero-order chi connectivity index (χ0) is 12.0. The predicted molar refractivity (Wildman–Crippen MR) is 65.2 cm³/mol. The van der Waals surface area contributed by atoms with Crippen LogP contribution >= 0.6 is 0 Å². The van der Waals surface area contributed by atoms with Gasteiger partial charge in [0.1, 0.15) is 0 Å². The average Bonchev–Trinajstić information content (AvgIpc) is 2.29. The molecular weight excluding hydrogens is 202 g/mol. The number of nitrogens with zero attached hydrogens (tertiary/aromatic N) is 1. The van der Waals surface area contributed by atoms with Gasteiger partial charge in [0.05, 0.1) is 12.7 Å². The highest BCUT2D eigenvalue weighted by Gasteiger charge is 2.06. The maximum atomic E-state index is 9.30. The molecule has 0 aliphatic carbocycles. The fraction of sp³-hybridized carbons (Fsp3) is 0.538. The van der Waals surface area contributed by atoms with E-state index in [4.69, 9.17) is 5.11 Å². The van der Waals surface area contributed by atoms with Gasteiger partial charge in [0.25, 0.3) is 0 Å². The summed E-state index contributed by atoms with van der Waals surface area (Å²) in [4.78, 5) is 2.00. The van der Waals surface area contributed by atoms with Crippen molar-refractivity contribution in [2.45, 2.75) is 26.0 Å². The number of aliphatic hydroxyl groups excluding tert-OH is 2. The second kappa shape index (κ2) is 6.63. The Hall–Kier alpha value is -0.900. The number of aryl methyl sites for hydroxylation is 1. The van der Waals surface area contributed by atoms with E-state index in [1.165, 1.54) is 11.1 Å². The third kappa shape index (κ3) is 4.31. The van der Waals surface area contributed by atoms with E-state index in [0.29, 0.717) is 6.54 Å². The van der Waals surface area contributed by atoms with E-state index in [2.05, 4.69) is 31.2 Å². The van der Waals surface area contributed by atoms with E-state index in [9.17, 15) is 5.11 Å². The molecule has 0 aromatic heterocycles.